The van der Waals surface area contributed by atoms with E-state index in [2.05, 4.69) is 44.1 Å². The van der Waals surface area contributed by atoms with Crippen molar-refractivity contribution in [2.75, 3.05) is 11.9 Å². The summed E-state index contributed by atoms with van der Waals surface area (Å²) in [7, 11) is 0. The van der Waals surface area contributed by atoms with Crippen molar-refractivity contribution >= 4 is 49.1 Å². The zero-order chi connectivity index (χ0) is 12.8. The number of hydrogen-bond acceptors (Lipinski definition) is 2. The molecule has 96 valence electrons. The van der Waals surface area contributed by atoms with E-state index in [0.29, 0.717) is 5.92 Å². The summed E-state index contributed by atoms with van der Waals surface area (Å²) in [5.41, 5.74) is 1.12. The molecular formula is C12H17Br2NOS. The molecule has 0 aliphatic carbocycles. The van der Waals surface area contributed by atoms with Crippen LogP contribution in [0.3, 0.4) is 0 Å². The first-order chi connectivity index (χ1) is 8.04. The minimum Gasteiger partial charge on any atom is -0.351 e. The Morgan fingerprint density at radius 2 is 2.29 bits per heavy atom. The highest BCUT2D eigenvalue weighted by molar-refractivity contribution is 9.11. The molecule has 1 unspecified atom stereocenters. The molecule has 0 spiro atoms. The van der Waals surface area contributed by atoms with Gasteiger partial charge in [-0.15, -0.1) is 11.3 Å². The fraction of sp³-hybridized carbons (Fsp3) is 0.583. The van der Waals surface area contributed by atoms with Crippen LogP contribution >= 0.6 is 43.2 Å². The van der Waals surface area contributed by atoms with Crippen LogP contribution in [0.1, 0.15) is 35.0 Å². The predicted molar refractivity (Wildman–Crippen MR) is 81.3 cm³/mol. The number of thiophene rings is 1. The second kappa shape index (κ2) is 7.54. The van der Waals surface area contributed by atoms with Gasteiger partial charge in [0.15, 0.2) is 0 Å². The lowest BCUT2D eigenvalue weighted by Crippen LogP contribution is -2.23. The second-order valence-corrected chi connectivity index (χ2v) is 7.24. The molecule has 0 aliphatic rings. The number of nitrogens with one attached hydrogen (secondary N) is 1. The quantitative estimate of drug-likeness (QED) is 0.574. The number of amides is 1. The Morgan fingerprint density at radius 3 is 2.82 bits per heavy atom. The lowest BCUT2D eigenvalue weighted by molar-refractivity contribution is 0.0956. The fourth-order valence-electron chi connectivity index (χ4n) is 1.39. The van der Waals surface area contributed by atoms with Crippen molar-refractivity contribution in [3.05, 3.63) is 20.3 Å². The molecule has 1 aromatic heterocycles. The van der Waals surface area contributed by atoms with Gasteiger partial charge in [0, 0.05) is 11.9 Å². The van der Waals surface area contributed by atoms with Gasteiger partial charge < -0.3 is 5.32 Å². The number of aryl methyl sites for hydroxylation is 1. The smallest absolute Gasteiger partial charge is 0.261 e. The van der Waals surface area contributed by atoms with E-state index >= 15 is 0 Å². The Kier molecular flexibility index (Phi) is 6.74. The molecule has 1 rings (SSSR count). The molecule has 0 radical (unpaired) electrons. The van der Waals surface area contributed by atoms with E-state index in [1.54, 1.807) is 0 Å². The summed E-state index contributed by atoms with van der Waals surface area (Å²) in [6.07, 6.45) is 2.17. The lowest BCUT2D eigenvalue weighted by atomic mass is 10.1. The van der Waals surface area contributed by atoms with Crippen LogP contribution < -0.4 is 5.32 Å². The molecular weight excluding hydrogens is 366 g/mol. The minimum absolute atomic E-state index is 0.0373. The van der Waals surface area contributed by atoms with E-state index in [1.807, 2.05) is 13.0 Å². The zero-order valence-electron chi connectivity index (χ0n) is 10.1. The summed E-state index contributed by atoms with van der Waals surface area (Å²) >= 11 is 8.37. The molecule has 1 atom stereocenters. The molecule has 0 saturated heterocycles. The number of alkyl halides is 1. The van der Waals surface area contributed by atoms with Crippen molar-refractivity contribution in [3.8, 4) is 0 Å². The maximum absolute atomic E-state index is 11.8. The van der Waals surface area contributed by atoms with Gasteiger partial charge in [-0.25, -0.2) is 0 Å². The summed E-state index contributed by atoms with van der Waals surface area (Å²) in [5, 5.41) is 3.98. The monoisotopic (exact) mass is 381 g/mol. The maximum atomic E-state index is 11.8. The first kappa shape index (κ1) is 15.2. The number of halogens is 2. The molecule has 1 N–H and O–H groups in total. The van der Waals surface area contributed by atoms with E-state index in [0.717, 1.165) is 38.9 Å². The van der Waals surface area contributed by atoms with Crippen LogP contribution in [0, 0.1) is 12.8 Å². The SMILES string of the molecule is Cc1cc(C(=O)NCCCC(C)CBr)sc1Br. The van der Waals surface area contributed by atoms with Gasteiger partial charge in [0.05, 0.1) is 8.66 Å². The number of carbonyl (C=O) groups is 1. The largest absolute Gasteiger partial charge is 0.351 e. The maximum Gasteiger partial charge on any atom is 0.261 e. The Morgan fingerprint density at radius 1 is 1.59 bits per heavy atom. The molecule has 0 saturated carbocycles. The lowest BCUT2D eigenvalue weighted by Gasteiger charge is -2.07. The first-order valence-electron chi connectivity index (χ1n) is 5.64. The molecule has 2 nitrogen and oxygen atoms in total. The van der Waals surface area contributed by atoms with Crippen LogP contribution in [-0.4, -0.2) is 17.8 Å². The summed E-state index contributed by atoms with van der Waals surface area (Å²) in [4.78, 5) is 12.6. The van der Waals surface area contributed by atoms with E-state index < -0.39 is 0 Å². The Balaban J connectivity index is 2.30. The van der Waals surface area contributed by atoms with Gasteiger partial charge in [0.1, 0.15) is 0 Å². The van der Waals surface area contributed by atoms with Gasteiger partial charge in [-0.3, -0.25) is 4.79 Å². The molecule has 1 aromatic rings. The van der Waals surface area contributed by atoms with Crippen LogP contribution in [0.15, 0.2) is 9.85 Å². The highest BCUT2D eigenvalue weighted by atomic mass is 79.9. The predicted octanol–water partition coefficient (Wildman–Crippen LogP) is 4.36. The third-order valence-corrected chi connectivity index (χ3v) is 5.74. The summed E-state index contributed by atoms with van der Waals surface area (Å²) in [6.45, 7) is 4.95. The topological polar surface area (TPSA) is 29.1 Å². The Bertz CT molecular complexity index is 359. The fourth-order valence-corrected chi connectivity index (χ4v) is 3.16. The summed E-state index contributed by atoms with van der Waals surface area (Å²) in [5.74, 6) is 0.709. The Hall–Kier alpha value is 0.130. The van der Waals surface area contributed by atoms with E-state index in [-0.39, 0.29) is 5.91 Å². The molecule has 1 amide bonds. The van der Waals surface area contributed by atoms with Gasteiger partial charge in [-0.05, 0) is 53.2 Å². The van der Waals surface area contributed by atoms with Crippen LogP contribution in [0.2, 0.25) is 0 Å². The van der Waals surface area contributed by atoms with Crippen LogP contribution in [0.25, 0.3) is 0 Å². The van der Waals surface area contributed by atoms with Gasteiger partial charge in [0.2, 0.25) is 0 Å². The number of hydrogen-bond donors (Lipinski definition) is 1. The van der Waals surface area contributed by atoms with Gasteiger partial charge >= 0.3 is 0 Å². The van der Waals surface area contributed by atoms with Crippen molar-refractivity contribution in [1.29, 1.82) is 0 Å². The number of rotatable bonds is 6. The van der Waals surface area contributed by atoms with Crippen molar-refractivity contribution in [2.45, 2.75) is 26.7 Å². The van der Waals surface area contributed by atoms with Crippen molar-refractivity contribution < 1.29 is 4.79 Å². The highest BCUT2D eigenvalue weighted by Gasteiger charge is 2.10. The highest BCUT2D eigenvalue weighted by Crippen LogP contribution is 2.27. The van der Waals surface area contributed by atoms with Crippen molar-refractivity contribution in [2.24, 2.45) is 5.92 Å². The summed E-state index contributed by atoms with van der Waals surface area (Å²) in [6, 6.07) is 1.92. The van der Waals surface area contributed by atoms with Crippen LogP contribution in [0.4, 0.5) is 0 Å². The molecule has 1 heterocycles. The van der Waals surface area contributed by atoms with Gasteiger partial charge in [0.25, 0.3) is 5.91 Å². The molecule has 17 heavy (non-hydrogen) atoms. The average Bonchev–Trinajstić information content (AvgIpc) is 2.64. The van der Waals surface area contributed by atoms with E-state index in [1.165, 1.54) is 11.3 Å². The minimum atomic E-state index is 0.0373. The second-order valence-electron chi connectivity index (χ2n) is 4.22. The third-order valence-electron chi connectivity index (χ3n) is 2.50. The van der Waals surface area contributed by atoms with Crippen molar-refractivity contribution in [3.63, 3.8) is 0 Å². The van der Waals surface area contributed by atoms with E-state index in [4.69, 9.17) is 0 Å². The molecule has 0 bridgehead atoms. The first-order valence-corrected chi connectivity index (χ1v) is 8.37. The Labute approximate surface area is 123 Å². The molecule has 5 heteroatoms. The van der Waals surface area contributed by atoms with Crippen LogP contribution in [-0.2, 0) is 0 Å². The van der Waals surface area contributed by atoms with E-state index in [9.17, 15) is 4.79 Å². The zero-order valence-corrected chi connectivity index (χ0v) is 14.0. The average molecular weight is 383 g/mol. The van der Waals surface area contributed by atoms with Gasteiger partial charge in [-0.1, -0.05) is 22.9 Å². The summed E-state index contributed by atoms with van der Waals surface area (Å²) < 4.78 is 1.04. The van der Waals surface area contributed by atoms with Gasteiger partial charge in [-0.2, -0.15) is 0 Å². The third kappa shape index (κ3) is 5.10. The van der Waals surface area contributed by atoms with Crippen LogP contribution in [0.5, 0.6) is 0 Å². The van der Waals surface area contributed by atoms with Crippen molar-refractivity contribution in [1.82, 2.24) is 5.32 Å². The normalized spacial score (nSPS) is 12.5. The molecule has 0 fully saturated rings. The molecule has 0 aliphatic heterocycles. The molecule has 0 aromatic carbocycles. The standard InChI is InChI=1S/C12H17Br2NOS/c1-8(7-13)4-3-5-15-12(16)10-6-9(2)11(14)17-10/h6,8H,3-5,7H2,1-2H3,(H,15,16). The number of carbonyl (C=O) groups excluding carboxylic acids is 1.